The number of nitriles is 1. The summed E-state index contributed by atoms with van der Waals surface area (Å²) in [5, 5.41) is 13.6. The van der Waals surface area contributed by atoms with E-state index in [0.717, 1.165) is 29.6 Å². The van der Waals surface area contributed by atoms with Crippen molar-refractivity contribution in [2.24, 2.45) is 5.73 Å². The predicted molar refractivity (Wildman–Crippen MR) is 80.3 cm³/mol. The fourth-order valence-electron chi connectivity index (χ4n) is 2.87. The van der Waals surface area contributed by atoms with Crippen molar-refractivity contribution in [2.45, 2.75) is 37.8 Å². The molecule has 20 heavy (non-hydrogen) atoms. The second-order valence-electron chi connectivity index (χ2n) is 5.38. The van der Waals surface area contributed by atoms with Gasteiger partial charge >= 0.3 is 0 Å². The summed E-state index contributed by atoms with van der Waals surface area (Å²) in [5.74, 6) is 0.752. The predicted octanol–water partition coefficient (Wildman–Crippen LogP) is 2.79. The first-order valence-corrected chi connectivity index (χ1v) is 7.10. The van der Waals surface area contributed by atoms with Gasteiger partial charge in [-0.1, -0.05) is 31.0 Å². The number of rotatable bonds is 2. The Kier molecular flexibility index (Phi) is 3.53. The molecule has 3 rings (SSSR count). The smallest absolute Gasteiger partial charge is 0.128 e. The minimum absolute atomic E-state index is 0.169. The highest BCUT2D eigenvalue weighted by Gasteiger charge is 2.22. The van der Waals surface area contributed by atoms with Gasteiger partial charge < -0.3 is 11.1 Å². The maximum atomic E-state index is 9.29. The van der Waals surface area contributed by atoms with Crippen LogP contribution in [-0.4, -0.2) is 17.1 Å². The molecule has 0 saturated heterocycles. The summed E-state index contributed by atoms with van der Waals surface area (Å²) in [6.07, 6.45) is 4.52. The summed E-state index contributed by atoms with van der Waals surface area (Å²) < 4.78 is 0. The molecule has 1 aromatic heterocycles. The van der Waals surface area contributed by atoms with Crippen LogP contribution < -0.4 is 11.1 Å². The first-order chi connectivity index (χ1) is 9.78. The lowest BCUT2D eigenvalue weighted by molar-refractivity contribution is 0.403. The van der Waals surface area contributed by atoms with Gasteiger partial charge in [0, 0.05) is 17.5 Å². The van der Waals surface area contributed by atoms with Crippen LogP contribution in [0.4, 0.5) is 5.82 Å². The second kappa shape index (κ2) is 5.48. The highest BCUT2D eigenvalue weighted by atomic mass is 15.0. The van der Waals surface area contributed by atoms with Gasteiger partial charge in [0.15, 0.2) is 0 Å². The van der Waals surface area contributed by atoms with Crippen LogP contribution in [0.5, 0.6) is 0 Å². The Morgan fingerprint density at radius 2 is 2.05 bits per heavy atom. The Bertz CT molecular complexity index is 659. The van der Waals surface area contributed by atoms with Crippen LogP contribution in [-0.2, 0) is 0 Å². The number of hydrogen-bond acceptors (Lipinski definition) is 4. The van der Waals surface area contributed by atoms with E-state index < -0.39 is 0 Å². The summed E-state index contributed by atoms with van der Waals surface area (Å²) in [6.45, 7) is 0. The molecule has 0 spiro atoms. The zero-order valence-electron chi connectivity index (χ0n) is 11.3. The molecule has 4 heteroatoms. The molecule has 1 heterocycles. The van der Waals surface area contributed by atoms with Gasteiger partial charge in [0.05, 0.1) is 17.1 Å². The van der Waals surface area contributed by atoms with Crippen molar-refractivity contribution in [1.29, 1.82) is 5.26 Å². The van der Waals surface area contributed by atoms with E-state index in [0.29, 0.717) is 5.56 Å². The molecule has 0 aliphatic heterocycles. The number of nitrogens with one attached hydrogen (secondary N) is 1. The fourth-order valence-corrected chi connectivity index (χ4v) is 2.87. The van der Waals surface area contributed by atoms with Gasteiger partial charge in [-0.05, 0) is 25.0 Å². The first kappa shape index (κ1) is 12.9. The summed E-state index contributed by atoms with van der Waals surface area (Å²) in [5.41, 5.74) is 7.66. The topological polar surface area (TPSA) is 74.7 Å². The minimum atomic E-state index is 0.169. The Morgan fingerprint density at radius 3 is 2.85 bits per heavy atom. The van der Waals surface area contributed by atoms with Crippen LogP contribution in [0, 0.1) is 11.3 Å². The van der Waals surface area contributed by atoms with Crippen LogP contribution >= 0.6 is 0 Å². The van der Waals surface area contributed by atoms with E-state index >= 15 is 0 Å². The zero-order chi connectivity index (χ0) is 13.9. The minimum Gasteiger partial charge on any atom is -0.366 e. The molecular weight excluding hydrogens is 248 g/mol. The Labute approximate surface area is 118 Å². The van der Waals surface area contributed by atoms with Crippen LogP contribution in [0.25, 0.3) is 10.9 Å². The van der Waals surface area contributed by atoms with Crippen LogP contribution in [0.1, 0.15) is 31.2 Å². The summed E-state index contributed by atoms with van der Waals surface area (Å²) >= 11 is 0. The summed E-state index contributed by atoms with van der Waals surface area (Å²) in [4.78, 5) is 4.59. The molecule has 1 fully saturated rings. The number of benzene rings is 1. The van der Waals surface area contributed by atoms with Gasteiger partial charge in [-0.15, -0.1) is 0 Å². The second-order valence-corrected chi connectivity index (χ2v) is 5.38. The van der Waals surface area contributed by atoms with E-state index in [1.165, 1.54) is 12.8 Å². The highest BCUT2D eigenvalue weighted by Crippen LogP contribution is 2.24. The molecule has 0 bridgehead atoms. The largest absolute Gasteiger partial charge is 0.366 e. The van der Waals surface area contributed by atoms with Crippen LogP contribution in [0.2, 0.25) is 0 Å². The number of anilines is 1. The Morgan fingerprint density at radius 1 is 1.25 bits per heavy atom. The van der Waals surface area contributed by atoms with E-state index in [9.17, 15) is 5.26 Å². The Balaban J connectivity index is 1.94. The van der Waals surface area contributed by atoms with Gasteiger partial charge in [-0.2, -0.15) is 5.26 Å². The maximum absolute atomic E-state index is 9.29. The molecule has 2 atom stereocenters. The molecular formula is C16H18N4. The number of hydrogen-bond donors (Lipinski definition) is 2. The van der Waals surface area contributed by atoms with Crippen molar-refractivity contribution >= 4 is 16.7 Å². The van der Waals surface area contributed by atoms with E-state index in [1.807, 2.05) is 30.3 Å². The van der Waals surface area contributed by atoms with Gasteiger partial charge in [0.25, 0.3) is 0 Å². The Hall–Kier alpha value is -2.12. The average molecular weight is 266 g/mol. The van der Waals surface area contributed by atoms with Crippen molar-refractivity contribution in [1.82, 2.24) is 4.98 Å². The molecule has 102 valence electrons. The maximum Gasteiger partial charge on any atom is 0.128 e. The lowest BCUT2D eigenvalue weighted by Crippen LogP contribution is -2.42. The van der Waals surface area contributed by atoms with Gasteiger partial charge in [-0.25, -0.2) is 4.98 Å². The lowest BCUT2D eigenvalue weighted by Gasteiger charge is -2.29. The molecule has 0 radical (unpaired) electrons. The molecule has 4 nitrogen and oxygen atoms in total. The quantitative estimate of drug-likeness (QED) is 0.876. The number of pyridine rings is 1. The van der Waals surface area contributed by atoms with Crippen molar-refractivity contribution in [2.75, 3.05) is 5.32 Å². The SMILES string of the molecule is N#Cc1cc(N[C@@H]2CCCC[C@H]2N)nc2ccccc12. The van der Waals surface area contributed by atoms with Crippen molar-refractivity contribution in [3.05, 3.63) is 35.9 Å². The van der Waals surface area contributed by atoms with Crippen molar-refractivity contribution in [3.63, 3.8) is 0 Å². The number of nitrogens with two attached hydrogens (primary N) is 1. The number of nitrogens with zero attached hydrogens (tertiary/aromatic N) is 2. The fraction of sp³-hybridized carbons (Fsp3) is 0.375. The third-order valence-electron chi connectivity index (χ3n) is 3.99. The van der Waals surface area contributed by atoms with Gasteiger partial charge in [0.1, 0.15) is 5.82 Å². The van der Waals surface area contributed by atoms with E-state index in [-0.39, 0.29) is 12.1 Å². The molecule has 2 aromatic rings. The molecule has 1 aliphatic carbocycles. The molecule has 1 aromatic carbocycles. The third kappa shape index (κ3) is 2.45. The molecule has 0 amide bonds. The van der Waals surface area contributed by atoms with E-state index in [1.54, 1.807) is 0 Å². The highest BCUT2D eigenvalue weighted by molar-refractivity contribution is 5.86. The van der Waals surface area contributed by atoms with Crippen molar-refractivity contribution in [3.8, 4) is 6.07 Å². The summed E-state index contributed by atoms with van der Waals surface area (Å²) in [7, 11) is 0. The third-order valence-corrected chi connectivity index (χ3v) is 3.99. The van der Waals surface area contributed by atoms with E-state index in [2.05, 4.69) is 16.4 Å². The molecule has 3 N–H and O–H groups in total. The van der Waals surface area contributed by atoms with Gasteiger partial charge in [-0.3, -0.25) is 0 Å². The number of para-hydroxylation sites is 1. The van der Waals surface area contributed by atoms with Crippen molar-refractivity contribution < 1.29 is 0 Å². The number of fused-ring (bicyclic) bond motifs is 1. The van der Waals surface area contributed by atoms with Crippen LogP contribution in [0.15, 0.2) is 30.3 Å². The first-order valence-electron chi connectivity index (χ1n) is 7.10. The standard InChI is InChI=1S/C16H18N4/c17-10-11-9-16(19-14-7-3-1-5-12(11)14)20-15-8-4-2-6-13(15)18/h1,3,5,7,9,13,15H,2,4,6,8,18H2,(H,19,20)/t13-,15-/m1/s1. The zero-order valence-corrected chi connectivity index (χ0v) is 11.3. The number of aromatic nitrogens is 1. The van der Waals surface area contributed by atoms with Gasteiger partial charge in [0.2, 0.25) is 0 Å². The molecule has 1 aliphatic rings. The lowest BCUT2D eigenvalue weighted by atomic mass is 9.91. The summed E-state index contributed by atoms with van der Waals surface area (Å²) in [6, 6.07) is 12.2. The molecule has 0 unspecified atom stereocenters. The van der Waals surface area contributed by atoms with E-state index in [4.69, 9.17) is 5.73 Å². The molecule has 1 saturated carbocycles. The van der Waals surface area contributed by atoms with Crippen LogP contribution in [0.3, 0.4) is 0 Å². The monoisotopic (exact) mass is 266 g/mol. The normalized spacial score (nSPS) is 22.4. The average Bonchev–Trinajstić information content (AvgIpc) is 2.49.